The second kappa shape index (κ2) is 11.7. The second-order valence-electron chi connectivity index (χ2n) is 10.4. The van der Waals surface area contributed by atoms with Crippen LogP contribution >= 0.6 is 0 Å². The molecule has 0 fully saturated rings. The molecule has 0 spiro atoms. The van der Waals surface area contributed by atoms with Crippen molar-refractivity contribution in [1.29, 1.82) is 0 Å². The van der Waals surface area contributed by atoms with E-state index in [4.69, 9.17) is 0 Å². The standard InChI is InChI=1S/C30H34F2N2O4S/c1-20-11-12-24(18-27(20)29(35)34-23-13-15-25(16-14-23)38-30(2,31)32)33-28-10-6-8-22-17-21(19-39(3,36)37)7-4-5-9-26(22)28/h6,8,10-16,18,21,33H,4-5,7,9,17,19H2,1-3H3,(H,34,35). The van der Waals surface area contributed by atoms with E-state index < -0.39 is 15.9 Å². The number of fused-ring (bicyclic) bond motifs is 1. The lowest BCUT2D eigenvalue weighted by Gasteiger charge is -2.24. The molecule has 1 atom stereocenters. The molecule has 0 aliphatic heterocycles. The predicted molar refractivity (Wildman–Crippen MR) is 151 cm³/mol. The van der Waals surface area contributed by atoms with Gasteiger partial charge in [-0.2, -0.15) is 8.78 Å². The fraction of sp³-hybridized carbons (Fsp3) is 0.367. The molecule has 0 aromatic heterocycles. The highest BCUT2D eigenvalue weighted by molar-refractivity contribution is 7.90. The first-order valence-electron chi connectivity index (χ1n) is 13.0. The van der Waals surface area contributed by atoms with E-state index in [2.05, 4.69) is 21.4 Å². The molecule has 2 N–H and O–H groups in total. The molecule has 3 aromatic rings. The first-order valence-corrected chi connectivity index (χ1v) is 15.1. The number of alkyl halides is 2. The maximum absolute atomic E-state index is 13.1. The average molecular weight is 557 g/mol. The third-order valence-corrected chi connectivity index (χ3v) is 7.86. The summed E-state index contributed by atoms with van der Waals surface area (Å²) < 4.78 is 54.5. The predicted octanol–water partition coefficient (Wildman–Crippen LogP) is 6.91. The second-order valence-corrected chi connectivity index (χ2v) is 12.6. The van der Waals surface area contributed by atoms with Gasteiger partial charge >= 0.3 is 6.11 Å². The number of nitrogens with one attached hydrogen (secondary N) is 2. The molecule has 1 aliphatic carbocycles. The van der Waals surface area contributed by atoms with Crippen molar-refractivity contribution in [3.63, 3.8) is 0 Å². The van der Waals surface area contributed by atoms with Crippen molar-refractivity contribution in [2.45, 2.75) is 52.1 Å². The number of halogens is 2. The molecule has 9 heteroatoms. The molecule has 0 saturated heterocycles. The Balaban J connectivity index is 1.51. The topological polar surface area (TPSA) is 84.5 Å². The van der Waals surface area contributed by atoms with Crippen molar-refractivity contribution in [1.82, 2.24) is 0 Å². The van der Waals surface area contributed by atoms with Crippen LogP contribution in [0.5, 0.6) is 5.75 Å². The van der Waals surface area contributed by atoms with Gasteiger partial charge in [-0.1, -0.05) is 24.6 Å². The van der Waals surface area contributed by atoms with E-state index >= 15 is 0 Å². The summed E-state index contributed by atoms with van der Waals surface area (Å²) in [5.41, 5.74) is 5.77. The van der Waals surface area contributed by atoms with Crippen molar-refractivity contribution in [3.8, 4) is 5.75 Å². The largest absolute Gasteiger partial charge is 0.433 e. The minimum atomic E-state index is -3.29. The molecule has 0 radical (unpaired) electrons. The normalized spacial score (nSPS) is 16.0. The number of benzene rings is 3. The van der Waals surface area contributed by atoms with Gasteiger partial charge in [0.2, 0.25) is 0 Å². The third-order valence-electron chi connectivity index (χ3n) is 6.78. The van der Waals surface area contributed by atoms with Gasteiger partial charge in [-0.25, -0.2) is 8.42 Å². The van der Waals surface area contributed by atoms with Crippen LogP contribution in [0.4, 0.5) is 25.8 Å². The number of rotatable bonds is 8. The number of carbonyl (C=O) groups excluding carboxylic acids is 1. The summed E-state index contributed by atoms with van der Waals surface area (Å²) in [5, 5.41) is 6.28. The first-order chi connectivity index (χ1) is 18.4. The quantitative estimate of drug-likeness (QED) is 0.315. The summed E-state index contributed by atoms with van der Waals surface area (Å²) in [5.74, 6) is -0.0228. The SMILES string of the molecule is Cc1ccc(Nc2cccc3c2CCCCC(CS(C)(=O)=O)C3)cc1C(=O)Nc1ccc(OC(C)(F)F)cc1. The van der Waals surface area contributed by atoms with Crippen molar-refractivity contribution in [2.24, 2.45) is 5.92 Å². The molecule has 208 valence electrons. The molecule has 3 aromatic carbocycles. The van der Waals surface area contributed by atoms with Crippen molar-refractivity contribution < 1.29 is 26.7 Å². The lowest BCUT2D eigenvalue weighted by molar-refractivity contribution is -0.158. The molecular weight excluding hydrogens is 522 g/mol. The highest BCUT2D eigenvalue weighted by Gasteiger charge is 2.23. The van der Waals surface area contributed by atoms with Gasteiger partial charge in [0.15, 0.2) is 0 Å². The van der Waals surface area contributed by atoms with Crippen LogP contribution in [0.2, 0.25) is 0 Å². The number of ether oxygens (including phenoxy) is 1. The number of amides is 1. The van der Waals surface area contributed by atoms with E-state index in [1.165, 1.54) is 36.1 Å². The Kier molecular flexibility index (Phi) is 8.59. The zero-order chi connectivity index (χ0) is 28.2. The van der Waals surface area contributed by atoms with Gasteiger partial charge < -0.3 is 15.4 Å². The Bertz CT molecular complexity index is 1430. The summed E-state index contributed by atoms with van der Waals surface area (Å²) in [7, 11) is -3.05. The summed E-state index contributed by atoms with van der Waals surface area (Å²) in [6.07, 6.45) is 2.49. The highest BCUT2D eigenvalue weighted by atomic mass is 32.2. The van der Waals surface area contributed by atoms with Gasteiger partial charge in [0.1, 0.15) is 15.6 Å². The van der Waals surface area contributed by atoms with Crippen LogP contribution in [0, 0.1) is 12.8 Å². The Morgan fingerprint density at radius 1 is 1.05 bits per heavy atom. The fourth-order valence-electron chi connectivity index (χ4n) is 5.07. The van der Waals surface area contributed by atoms with E-state index in [1.54, 1.807) is 6.07 Å². The minimum absolute atomic E-state index is 0.00297. The number of anilines is 3. The van der Waals surface area contributed by atoms with Gasteiger partial charge in [0, 0.05) is 35.8 Å². The first kappa shape index (κ1) is 28.5. The Hall–Kier alpha value is -3.46. The van der Waals surface area contributed by atoms with E-state index in [-0.39, 0.29) is 23.3 Å². The van der Waals surface area contributed by atoms with Crippen molar-refractivity contribution >= 4 is 32.8 Å². The molecule has 6 nitrogen and oxygen atoms in total. The Morgan fingerprint density at radius 2 is 1.77 bits per heavy atom. The third kappa shape index (κ3) is 8.26. The molecule has 0 bridgehead atoms. The number of hydrogen-bond acceptors (Lipinski definition) is 5. The highest BCUT2D eigenvalue weighted by Crippen LogP contribution is 2.32. The van der Waals surface area contributed by atoms with Crippen molar-refractivity contribution in [2.75, 3.05) is 22.6 Å². The monoisotopic (exact) mass is 556 g/mol. The maximum atomic E-state index is 13.1. The number of carbonyl (C=O) groups is 1. The van der Waals surface area contributed by atoms with E-state index in [9.17, 15) is 22.0 Å². The molecule has 0 saturated carbocycles. The molecule has 1 aliphatic rings. The van der Waals surface area contributed by atoms with Crippen LogP contribution in [0.25, 0.3) is 0 Å². The van der Waals surface area contributed by atoms with Gasteiger partial charge in [-0.3, -0.25) is 4.79 Å². The van der Waals surface area contributed by atoms with Crippen LogP contribution in [0.15, 0.2) is 60.7 Å². The maximum Gasteiger partial charge on any atom is 0.394 e. The Labute approximate surface area is 228 Å². The van der Waals surface area contributed by atoms with Crippen LogP contribution in [-0.4, -0.2) is 32.4 Å². The Morgan fingerprint density at radius 3 is 2.46 bits per heavy atom. The summed E-state index contributed by atoms with van der Waals surface area (Å²) in [4.78, 5) is 13.1. The van der Waals surface area contributed by atoms with Gasteiger partial charge in [-0.15, -0.1) is 0 Å². The summed E-state index contributed by atoms with van der Waals surface area (Å²) in [6, 6.07) is 17.4. The molecular formula is C30H34F2N2O4S. The summed E-state index contributed by atoms with van der Waals surface area (Å²) >= 11 is 0. The molecule has 0 heterocycles. The van der Waals surface area contributed by atoms with Crippen LogP contribution < -0.4 is 15.4 Å². The zero-order valence-corrected chi connectivity index (χ0v) is 23.2. The summed E-state index contributed by atoms with van der Waals surface area (Å²) in [6.45, 7) is 2.51. The van der Waals surface area contributed by atoms with Gasteiger partial charge in [0.25, 0.3) is 5.91 Å². The molecule has 39 heavy (non-hydrogen) atoms. The fourth-order valence-corrected chi connectivity index (χ4v) is 6.21. The van der Waals surface area contributed by atoms with Gasteiger partial charge in [0.05, 0.1) is 5.75 Å². The average Bonchev–Trinajstić information content (AvgIpc) is 2.82. The van der Waals surface area contributed by atoms with E-state index in [0.29, 0.717) is 18.2 Å². The van der Waals surface area contributed by atoms with Gasteiger partial charge in [-0.05, 0) is 97.7 Å². The molecule has 1 amide bonds. The van der Waals surface area contributed by atoms with Crippen molar-refractivity contribution in [3.05, 3.63) is 82.9 Å². The molecule has 1 unspecified atom stereocenters. The lowest BCUT2D eigenvalue weighted by Crippen LogP contribution is -2.19. The lowest BCUT2D eigenvalue weighted by atomic mass is 9.86. The number of hydrogen-bond donors (Lipinski definition) is 2. The van der Waals surface area contributed by atoms with Crippen LogP contribution in [0.3, 0.4) is 0 Å². The minimum Gasteiger partial charge on any atom is -0.433 e. The van der Waals surface area contributed by atoms with Crippen LogP contribution in [-0.2, 0) is 22.7 Å². The van der Waals surface area contributed by atoms with E-state index in [1.807, 2.05) is 31.2 Å². The number of aryl methyl sites for hydroxylation is 1. The van der Waals surface area contributed by atoms with Crippen LogP contribution in [0.1, 0.15) is 53.2 Å². The zero-order valence-electron chi connectivity index (χ0n) is 22.4. The smallest absolute Gasteiger partial charge is 0.394 e. The molecule has 4 rings (SSSR count). The number of sulfone groups is 1. The van der Waals surface area contributed by atoms with E-state index in [0.717, 1.165) is 54.6 Å².